The smallest absolute Gasteiger partial charge is 0.289 e. The van der Waals surface area contributed by atoms with Crippen LogP contribution in [-0.4, -0.2) is 72.4 Å². The Morgan fingerprint density at radius 3 is 2.76 bits per heavy atom. The zero-order valence-corrected chi connectivity index (χ0v) is 14.5. The number of aliphatic hydroxyl groups is 1. The predicted molar refractivity (Wildman–Crippen MR) is 93.7 cm³/mol. The van der Waals surface area contributed by atoms with Gasteiger partial charge in [-0.25, -0.2) is 0 Å². The summed E-state index contributed by atoms with van der Waals surface area (Å²) in [6.07, 6.45) is 0.593. The lowest BCUT2D eigenvalue weighted by Crippen LogP contribution is -2.49. The molecule has 25 heavy (non-hydrogen) atoms. The van der Waals surface area contributed by atoms with E-state index in [-0.39, 0.29) is 5.91 Å². The lowest BCUT2D eigenvalue weighted by Gasteiger charge is -2.33. The summed E-state index contributed by atoms with van der Waals surface area (Å²) in [5.41, 5.74) is 0.739. The van der Waals surface area contributed by atoms with Crippen molar-refractivity contribution in [2.75, 3.05) is 45.9 Å². The summed E-state index contributed by atoms with van der Waals surface area (Å²) in [5.74, 6) is 0.253. The van der Waals surface area contributed by atoms with Crippen LogP contribution in [-0.2, 0) is 4.74 Å². The number of hydrogen-bond donors (Lipinski definition) is 1. The molecule has 0 saturated carbocycles. The van der Waals surface area contributed by atoms with Crippen LogP contribution in [0.2, 0.25) is 0 Å². The molecule has 6 heteroatoms. The fraction of sp³-hybridized carbons (Fsp3) is 0.526. The second kappa shape index (κ2) is 6.44. The van der Waals surface area contributed by atoms with Crippen LogP contribution in [0.5, 0.6) is 0 Å². The lowest BCUT2D eigenvalue weighted by atomic mass is 10.0. The van der Waals surface area contributed by atoms with Gasteiger partial charge < -0.3 is 19.2 Å². The Morgan fingerprint density at radius 2 is 2.00 bits per heavy atom. The van der Waals surface area contributed by atoms with Crippen molar-refractivity contribution in [1.82, 2.24) is 9.80 Å². The van der Waals surface area contributed by atoms with E-state index >= 15 is 0 Å². The molecule has 2 aliphatic heterocycles. The van der Waals surface area contributed by atoms with E-state index in [2.05, 4.69) is 4.90 Å². The molecule has 4 rings (SSSR count). The van der Waals surface area contributed by atoms with Crippen molar-refractivity contribution in [2.45, 2.75) is 18.9 Å². The summed E-state index contributed by atoms with van der Waals surface area (Å²) in [5, 5.41) is 11.9. The van der Waals surface area contributed by atoms with Crippen LogP contribution in [0.25, 0.3) is 11.0 Å². The van der Waals surface area contributed by atoms with E-state index in [0.29, 0.717) is 45.0 Å². The van der Waals surface area contributed by atoms with E-state index in [4.69, 9.17) is 9.15 Å². The molecule has 1 aromatic carbocycles. The summed E-state index contributed by atoms with van der Waals surface area (Å²) in [4.78, 5) is 16.8. The van der Waals surface area contributed by atoms with Crippen LogP contribution >= 0.6 is 0 Å². The highest BCUT2D eigenvalue weighted by atomic mass is 16.5. The van der Waals surface area contributed by atoms with E-state index < -0.39 is 5.60 Å². The SMILES string of the molecule is Cc1c(C(=O)N2CCC(O)(CN3CCOCC3)C2)oc2ccccc12. The van der Waals surface area contributed by atoms with Crippen molar-refractivity contribution in [1.29, 1.82) is 0 Å². The van der Waals surface area contributed by atoms with E-state index in [0.717, 1.165) is 29.6 Å². The summed E-state index contributed by atoms with van der Waals surface area (Å²) >= 11 is 0. The number of nitrogens with zero attached hydrogens (tertiary/aromatic N) is 2. The van der Waals surface area contributed by atoms with Gasteiger partial charge in [0.2, 0.25) is 0 Å². The van der Waals surface area contributed by atoms with E-state index in [1.165, 1.54) is 0 Å². The largest absolute Gasteiger partial charge is 0.451 e. The Hall–Kier alpha value is -1.89. The molecular formula is C19H24N2O4. The van der Waals surface area contributed by atoms with Crippen molar-refractivity contribution in [3.63, 3.8) is 0 Å². The van der Waals surface area contributed by atoms with Gasteiger partial charge in [0.1, 0.15) is 5.58 Å². The van der Waals surface area contributed by atoms with Crippen molar-refractivity contribution in [3.05, 3.63) is 35.6 Å². The first kappa shape index (κ1) is 16.6. The number of carbonyl (C=O) groups is 1. The Labute approximate surface area is 146 Å². The number of benzene rings is 1. The van der Waals surface area contributed by atoms with Crippen LogP contribution in [0.1, 0.15) is 22.5 Å². The number of para-hydroxylation sites is 1. The molecule has 1 unspecified atom stereocenters. The molecule has 2 saturated heterocycles. The second-order valence-corrected chi connectivity index (χ2v) is 7.14. The number of furan rings is 1. The van der Waals surface area contributed by atoms with Gasteiger partial charge in [0.05, 0.1) is 25.4 Å². The topological polar surface area (TPSA) is 66.2 Å². The summed E-state index contributed by atoms with van der Waals surface area (Å²) in [7, 11) is 0. The zero-order chi connectivity index (χ0) is 17.4. The number of carbonyl (C=O) groups excluding carboxylic acids is 1. The van der Waals surface area contributed by atoms with Gasteiger partial charge in [0.25, 0.3) is 5.91 Å². The number of amides is 1. The molecule has 0 bridgehead atoms. The summed E-state index contributed by atoms with van der Waals surface area (Å²) < 4.78 is 11.1. The Bertz CT molecular complexity index is 781. The first-order valence-electron chi connectivity index (χ1n) is 8.86. The molecule has 1 aromatic heterocycles. The maximum atomic E-state index is 12.9. The van der Waals surface area contributed by atoms with Gasteiger partial charge in [-0.3, -0.25) is 9.69 Å². The molecule has 2 fully saturated rings. The highest BCUT2D eigenvalue weighted by molar-refractivity contribution is 5.99. The van der Waals surface area contributed by atoms with Gasteiger partial charge in [-0.1, -0.05) is 18.2 Å². The van der Waals surface area contributed by atoms with E-state index in [1.54, 1.807) is 4.90 Å². The Balaban J connectivity index is 1.48. The number of morpholine rings is 1. The third-order valence-electron chi connectivity index (χ3n) is 5.28. The summed E-state index contributed by atoms with van der Waals surface area (Å²) in [6, 6.07) is 7.67. The standard InChI is InChI=1S/C19H24N2O4/c1-14-15-4-2-3-5-16(15)25-17(14)18(22)21-7-6-19(23,13-21)12-20-8-10-24-11-9-20/h2-5,23H,6-13H2,1H3. The van der Waals surface area contributed by atoms with Crippen molar-refractivity contribution < 1.29 is 19.1 Å². The molecule has 0 radical (unpaired) electrons. The minimum absolute atomic E-state index is 0.133. The third kappa shape index (κ3) is 3.17. The second-order valence-electron chi connectivity index (χ2n) is 7.14. The van der Waals surface area contributed by atoms with Gasteiger partial charge >= 0.3 is 0 Å². The molecule has 0 aliphatic carbocycles. The minimum Gasteiger partial charge on any atom is -0.451 e. The Kier molecular flexibility index (Phi) is 4.27. The third-order valence-corrected chi connectivity index (χ3v) is 5.28. The van der Waals surface area contributed by atoms with Crippen LogP contribution in [0.15, 0.2) is 28.7 Å². The van der Waals surface area contributed by atoms with Crippen molar-refractivity contribution in [2.24, 2.45) is 0 Å². The molecule has 1 N–H and O–H groups in total. The molecule has 2 aromatic rings. The molecule has 1 atom stereocenters. The first-order valence-corrected chi connectivity index (χ1v) is 8.86. The average molecular weight is 344 g/mol. The van der Waals surface area contributed by atoms with Crippen molar-refractivity contribution in [3.8, 4) is 0 Å². The monoisotopic (exact) mass is 344 g/mol. The fourth-order valence-corrected chi connectivity index (χ4v) is 3.86. The number of rotatable bonds is 3. The maximum Gasteiger partial charge on any atom is 0.289 e. The average Bonchev–Trinajstić information content (AvgIpc) is 3.17. The molecule has 0 spiro atoms. The number of likely N-dealkylation sites (tertiary alicyclic amines) is 1. The number of ether oxygens (including phenoxy) is 1. The van der Waals surface area contributed by atoms with Gasteiger partial charge in [0.15, 0.2) is 5.76 Å². The molecule has 134 valence electrons. The van der Waals surface area contributed by atoms with Crippen LogP contribution in [0, 0.1) is 6.92 Å². The van der Waals surface area contributed by atoms with Crippen LogP contribution in [0.4, 0.5) is 0 Å². The minimum atomic E-state index is -0.854. The van der Waals surface area contributed by atoms with Gasteiger partial charge in [-0.15, -0.1) is 0 Å². The molecule has 1 amide bonds. The van der Waals surface area contributed by atoms with Gasteiger partial charge in [-0.2, -0.15) is 0 Å². The molecule has 3 heterocycles. The van der Waals surface area contributed by atoms with E-state index in [9.17, 15) is 9.90 Å². The fourth-order valence-electron chi connectivity index (χ4n) is 3.86. The van der Waals surface area contributed by atoms with Crippen LogP contribution < -0.4 is 0 Å². The van der Waals surface area contributed by atoms with Crippen molar-refractivity contribution >= 4 is 16.9 Å². The number of hydrogen-bond acceptors (Lipinski definition) is 5. The normalized spacial score (nSPS) is 25.0. The number of fused-ring (bicyclic) bond motifs is 1. The molecule has 6 nitrogen and oxygen atoms in total. The maximum absolute atomic E-state index is 12.9. The Morgan fingerprint density at radius 1 is 1.24 bits per heavy atom. The quantitative estimate of drug-likeness (QED) is 0.917. The summed E-state index contributed by atoms with van der Waals surface area (Å²) in [6.45, 7) is 6.47. The zero-order valence-electron chi connectivity index (χ0n) is 14.5. The lowest BCUT2D eigenvalue weighted by molar-refractivity contribution is -0.0258. The molecular weight excluding hydrogens is 320 g/mol. The van der Waals surface area contributed by atoms with Gasteiger partial charge in [-0.05, 0) is 19.4 Å². The van der Waals surface area contributed by atoms with E-state index in [1.807, 2.05) is 31.2 Å². The van der Waals surface area contributed by atoms with Gasteiger partial charge in [0, 0.05) is 37.1 Å². The highest BCUT2D eigenvalue weighted by Gasteiger charge is 2.41. The first-order chi connectivity index (χ1) is 12.1. The number of aryl methyl sites for hydroxylation is 1. The number of β-amino-alcohol motifs (C(OH)–C–C–N with tert-alkyl or cyclic N) is 1. The molecule has 2 aliphatic rings. The van der Waals surface area contributed by atoms with Crippen LogP contribution in [0.3, 0.4) is 0 Å². The highest BCUT2D eigenvalue weighted by Crippen LogP contribution is 2.29. The predicted octanol–water partition coefficient (Wildman–Crippen LogP) is 1.65.